The average molecular weight is 161 g/mol. The Labute approximate surface area is 73.4 Å². The van der Waals surface area contributed by atoms with E-state index < -0.39 is 0 Å². The lowest BCUT2D eigenvalue weighted by Crippen LogP contribution is -1.70. The van der Waals surface area contributed by atoms with Crippen molar-refractivity contribution in [2.45, 2.75) is 21.3 Å². The van der Waals surface area contributed by atoms with Crippen molar-refractivity contribution < 1.29 is 0 Å². The van der Waals surface area contributed by atoms with E-state index in [4.69, 9.17) is 0 Å². The van der Waals surface area contributed by atoms with Gasteiger partial charge in [0.2, 0.25) is 0 Å². The monoisotopic (exact) mass is 161 g/mol. The predicted octanol–water partition coefficient (Wildman–Crippen LogP) is 3.42. The van der Waals surface area contributed by atoms with Gasteiger partial charge in [0.1, 0.15) is 0 Å². The number of nitrogens with one attached hydrogen (secondary N) is 1. The summed E-state index contributed by atoms with van der Waals surface area (Å²) in [6, 6.07) is 8.61. The molecule has 1 N–H and O–H groups in total. The van der Waals surface area contributed by atoms with Crippen molar-refractivity contribution in [2.75, 3.05) is 0 Å². The number of aromatic amines is 1. The van der Waals surface area contributed by atoms with E-state index in [1.165, 1.54) is 22.2 Å². The van der Waals surface area contributed by atoms with Crippen LogP contribution in [0.3, 0.4) is 0 Å². The minimum atomic E-state index is 0. The Bertz CT molecular complexity index is 385. The molecule has 0 aliphatic heterocycles. The molecule has 0 aliphatic carbocycles. The predicted molar refractivity (Wildman–Crippen MR) is 54.5 cm³/mol. The van der Waals surface area contributed by atoms with Crippen LogP contribution in [0.5, 0.6) is 0 Å². The van der Waals surface area contributed by atoms with E-state index in [9.17, 15) is 0 Å². The van der Waals surface area contributed by atoms with Gasteiger partial charge in [0.15, 0.2) is 0 Å². The molecule has 1 heterocycles. The molecule has 1 heteroatoms. The quantitative estimate of drug-likeness (QED) is 0.609. The van der Waals surface area contributed by atoms with Gasteiger partial charge in [-0.3, -0.25) is 0 Å². The summed E-state index contributed by atoms with van der Waals surface area (Å²) in [5.74, 6) is 0. The first-order chi connectivity index (χ1) is 5.25. The smallest absolute Gasteiger partial charge is 0.0456 e. The molecule has 0 saturated carbocycles. The normalized spacial score (nSPS) is 9.83. The summed E-state index contributed by atoms with van der Waals surface area (Å²) < 4.78 is 0. The van der Waals surface area contributed by atoms with Gasteiger partial charge in [-0.1, -0.05) is 19.1 Å². The number of hydrogen-bond acceptors (Lipinski definition) is 0. The van der Waals surface area contributed by atoms with Crippen LogP contribution in [0, 0.1) is 13.8 Å². The Morgan fingerprint density at radius 3 is 2.58 bits per heavy atom. The average Bonchev–Trinajstić information content (AvgIpc) is 2.27. The third-order valence-electron chi connectivity index (χ3n) is 1.91. The first-order valence-electron chi connectivity index (χ1n) is 3.82. The molecule has 12 heavy (non-hydrogen) atoms. The van der Waals surface area contributed by atoms with Crippen LogP contribution in [-0.4, -0.2) is 4.98 Å². The van der Waals surface area contributed by atoms with Gasteiger partial charge in [0, 0.05) is 11.2 Å². The van der Waals surface area contributed by atoms with Crippen molar-refractivity contribution in [3.05, 3.63) is 35.5 Å². The highest BCUT2D eigenvalue weighted by Gasteiger charge is 1.95. The zero-order valence-electron chi connectivity index (χ0n) is 6.81. The number of rotatable bonds is 0. The van der Waals surface area contributed by atoms with Gasteiger partial charge in [-0.2, -0.15) is 0 Å². The van der Waals surface area contributed by atoms with Gasteiger partial charge in [-0.25, -0.2) is 0 Å². The third-order valence-corrected chi connectivity index (χ3v) is 1.91. The minimum Gasteiger partial charge on any atom is -0.359 e. The number of H-pyrrole nitrogens is 1. The van der Waals surface area contributed by atoms with Gasteiger partial charge >= 0.3 is 0 Å². The standard InChI is InChI=1S/C10H11N.CH4/c1-7-3-4-10-9(5-7)6-8(2)11-10;/h3-6,11H,1-2H3;1H4. The summed E-state index contributed by atoms with van der Waals surface area (Å²) in [7, 11) is 0. The summed E-state index contributed by atoms with van der Waals surface area (Å²) in [5, 5.41) is 1.31. The van der Waals surface area contributed by atoms with Gasteiger partial charge in [0.25, 0.3) is 0 Å². The maximum absolute atomic E-state index is 3.29. The van der Waals surface area contributed by atoms with Gasteiger partial charge < -0.3 is 4.98 Å². The number of hydrogen-bond donors (Lipinski definition) is 1. The molecule has 0 amide bonds. The topological polar surface area (TPSA) is 15.8 Å². The van der Waals surface area contributed by atoms with Crippen molar-refractivity contribution in [2.24, 2.45) is 0 Å². The lowest BCUT2D eigenvalue weighted by Gasteiger charge is -1.90. The van der Waals surface area contributed by atoms with Crippen LogP contribution in [-0.2, 0) is 0 Å². The van der Waals surface area contributed by atoms with E-state index >= 15 is 0 Å². The van der Waals surface area contributed by atoms with Crippen molar-refractivity contribution in [1.82, 2.24) is 4.98 Å². The number of fused-ring (bicyclic) bond motifs is 1. The van der Waals surface area contributed by atoms with Gasteiger partial charge in [-0.05, 0) is 37.4 Å². The molecule has 0 radical (unpaired) electrons. The van der Waals surface area contributed by atoms with Crippen LogP contribution in [0.25, 0.3) is 10.9 Å². The summed E-state index contributed by atoms with van der Waals surface area (Å²) in [6.45, 7) is 4.19. The number of aryl methyl sites for hydroxylation is 2. The highest BCUT2D eigenvalue weighted by molar-refractivity contribution is 5.80. The molecule has 0 atom stereocenters. The van der Waals surface area contributed by atoms with Crippen molar-refractivity contribution in [3.63, 3.8) is 0 Å². The molecule has 1 nitrogen and oxygen atoms in total. The molecule has 64 valence electrons. The Kier molecular flexibility index (Phi) is 2.22. The van der Waals surface area contributed by atoms with E-state index in [1.54, 1.807) is 0 Å². The van der Waals surface area contributed by atoms with Crippen LogP contribution in [0.4, 0.5) is 0 Å². The fourth-order valence-electron chi connectivity index (χ4n) is 1.40. The van der Waals surface area contributed by atoms with Gasteiger partial charge in [-0.15, -0.1) is 0 Å². The molecule has 0 fully saturated rings. The third kappa shape index (κ3) is 1.35. The minimum absolute atomic E-state index is 0. The Morgan fingerprint density at radius 1 is 1.08 bits per heavy atom. The molecule has 1 aromatic heterocycles. The largest absolute Gasteiger partial charge is 0.359 e. The maximum atomic E-state index is 3.29. The first kappa shape index (κ1) is 8.85. The molecule has 0 spiro atoms. The van der Waals surface area contributed by atoms with Crippen LogP contribution < -0.4 is 0 Å². The Balaban J connectivity index is 0.000000720. The van der Waals surface area contributed by atoms with E-state index in [-0.39, 0.29) is 7.43 Å². The van der Waals surface area contributed by atoms with E-state index in [2.05, 4.69) is 43.1 Å². The highest BCUT2D eigenvalue weighted by Crippen LogP contribution is 2.15. The fraction of sp³-hybridized carbons (Fsp3) is 0.273. The maximum Gasteiger partial charge on any atom is 0.0456 e. The second kappa shape index (κ2) is 3.02. The second-order valence-electron chi connectivity index (χ2n) is 3.04. The number of aromatic nitrogens is 1. The molecule has 0 unspecified atom stereocenters. The fourth-order valence-corrected chi connectivity index (χ4v) is 1.40. The SMILES string of the molecule is C.Cc1ccc2[nH]c(C)cc2c1. The summed E-state index contributed by atoms with van der Waals surface area (Å²) in [5.41, 5.74) is 3.77. The zero-order chi connectivity index (χ0) is 7.84. The van der Waals surface area contributed by atoms with Crippen molar-refractivity contribution >= 4 is 10.9 Å². The highest BCUT2D eigenvalue weighted by atomic mass is 14.7. The van der Waals surface area contributed by atoms with Crippen LogP contribution in [0.2, 0.25) is 0 Å². The van der Waals surface area contributed by atoms with Gasteiger partial charge in [0.05, 0.1) is 0 Å². The van der Waals surface area contributed by atoms with E-state index in [0.29, 0.717) is 0 Å². The molecule has 2 aromatic rings. The lowest BCUT2D eigenvalue weighted by molar-refractivity contribution is 1.30. The van der Waals surface area contributed by atoms with Crippen LogP contribution in [0.15, 0.2) is 24.3 Å². The molecule has 0 saturated heterocycles. The molecular weight excluding hydrogens is 146 g/mol. The summed E-state index contributed by atoms with van der Waals surface area (Å²) >= 11 is 0. The summed E-state index contributed by atoms with van der Waals surface area (Å²) in [4.78, 5) is 3.29. The Hall–Kier alpha value is -1.24. The van der Waals surface area contributed by atoms with Crippen molar-refractivity contribution in [1.29, 1.82) is 0 Å². The van der Waals surface area contributed by atoms with Crippen LogP contribution in [0.1, 0.15) is 18.7 Å². The second-order valence-corrected chi connectivity index (χ2v) is 3.04. The molecule has 1 aromatic carbocycles. The molecule has 0 aliphatic rings. The van der Waals surface area contributed by atoms with Crippen LogP contribution >= 0.6 is 0 Å². The van der Waals surface area contributed by atoms with E-state index in [1.807, 2.05) is 0 Å². The zero-order valence-corrected chi connectivity index (χ0v) is 6.81. The molecule has 0 bridgehead atoms. The van der Waals surface area contributed by atoms with E-state index in [0.717, 1.165) is 0 Å². The molecule has 2 rings (SSSR count). The lowest BCUT2D eigenvalue weighted by atomic mass is 10.2. The Morgan fingerprint density at radius 2 is 1.83 bits per heavy atom. The van der Waals surface area contributed by atoms with Crippen molar-refractivity contribution in [3.8, 4) is 0 Å². The number of benzene rings is 1. The molecular formula is C11H15N. The first-order valence-corrected chi connectivity index (χ1v) is 3.82. The summed E-state index contributed by atoms with van der Waals surface area (Å²) in [6.07, 6.45) is 0.